The van der Waals surface area contributed by atoms with Crippen molar-refractivity contribution in [3.63, 3.8) is 0 Å². The lowest BCUT2D eigenvalue weighted by molar-refractivity contribution is -0.121. The number of nitrogens with one attached hydrogen (secondary N) is 3. The zero-order chi connectivity index (χ0) is 14.0. The summed E-state index contributed by atoms with van der Waals surface area (Å²) in [7, 11) is -3.70. The summed E-state index contributed by atoms with van der Waals surface area (Å²) in [5, 5.41) is 8.82. The number of rotatable bonds is 4. The number of sulfonamides is 1. The average Bonchev–Trinajstić information content (AvgIpc) is 2.60. The normalized spacial score (nSPS) is 12.4. The number of hydrogen-bond acceptors (Lipinski definition) is 4. The van der Waals surface area contributed by atoms with Gasteiger partial charge in [0.15, 0.2) is 0 Å². The van der Waals surface area contributed by atoms with Gasteiger partial charge in [0.05, 0.1) is 18.4 Å². The van der Waals surface area contributed by atoms with Crippen molar-refractivity contribution in [2.75, 3.05) is 6.54 Å². The largest absolute Gasteiger partial charge is 0.350 e. The smallest absolute Gasteiger partial charge is 0.244 e. The van der Waals surface area contributed by atoms with Crippen LogP contribution >= 0.6 is 0 Å². The lowest BCUT2D eigenvalue weighted by atomic mass is 10.1. The van der Waals surface area contributed by atoms with E-state index in [0.29, 0.717) is 5.69 Å². The summed E-state index contributed by atoms with van der Waals surface area (Å²) in [5.41, 5.74) is 0.0346. The Morgan fingerprint density at radius 2 is 2.06 bits per heavy atom. The molecule has 0 atom stereocenters. The second-order valence-corrected chi connectivity index (χ2v) is 6.72. The fourth-order valence-electron chi connectivity index (χ4n) is 1.31. The second-order valence-electron chi connectivity index (χ2n) is 4.98. The van der Waals surface area contributed by atoms with Gasteiger partial charge in [-0.25, -0.2) is 13.1 Å². The van der Waals surface area contributed by atoms with E-state index in [9.17, 15) is 13.2 Å². The summed E-state index contributed by atoms with van der Waals surface area (Å²) in [4.78, 5) is 11.5. The molecule has 0 aromatic carbocycles. The molecule has 0 saturated carbocycles. The van der Waals surface area contributed by atoms with Crippen molar-refractivity contribution < 1.29 is 13.2 Å². The highest BCUT2D eigenvalue weighted by Crippen LogP contribution is 2.10. The van der Waals surface area contributed by atoms with Gasteiger partial charge in [0.25, 0.3) is 0 Å². The summed E-state index contributed by atoms with van der Waals surface area (Å²) < 4.78 is 25.9. The van der Waals surface area contributed by atoms with Crippen LogP contribution in [0.2, 0.25) is 0 Å². The predicted molar refractivity (Wildman–Crippen MR) is 66.4 cm³/mol. The van der Waals surface area contributed by atoms with Gasteiger partial charge in [-0.2, -0.15) is 5.10 Å². The van der Waals surface area contributed by atoms with Crippen LogP contribution in [0.4, 0.5) is 0 Å². The van der Waals surface area contributed by atoms with Crippen LogP contribution in [0, 0.1) is 6.92 Å². The third-order valence-corrected chi connectivity index (χ3v) is 3.53. The number of aromatic amines is 1. The SMILES string of the molecule is Cc1[nH]ncc1S(=O)(=O)NCC(=O)NC(C)(C)C. The Hall–Kier alpha value is -1.41. The first-order valence-corrected chi connectivity index (χ1v) is 6.91. The van der Waals surface area contributed by atoms with Crippen molar-refractivity contribution in [1.82, 2.24) is 20.2 Å². The van der Waals surface area contributed by atoms with Gasteiger partial charge in [-0.3, -0.25) is 9.89 Å². The second kappa shape index (κ2) is 5.07. The molecule has 102 valence electrons. The van der Waals surface area contributed by atoms with E-state index in [1.807, 2.05) is 20.8 Å². The lowest BCUT2D eigenvalue weighted by Crippen LogP contribution is -2.45. The molecular weight excluding hydrogens is 256 g/mol. The van der Waals surface area contributed by atoms with Crippen molar-refractivity contribution in [3.05, 3.63) is 11.9 Å². The molecule has 0 spiro atoms. The van der Waals surface area contributed by atoms with Crippen LogP contribution in [-0.2, 0) is 14.8 Å². The molecule has 0 fully saturated rings. The monoisotopic (exact) mass is 274 g/mol. The minimum Gasteiger partial charge on any atom is -0.350 e. The first-order valence-electron chi connectivity index (χ1n) is 5.42. The molecule has 0 unspecified atom stereocenters. The van der Waals surface area contributed by atoms with Crippen LogP contribution in [0.15, 0.2) is 11.1 Å². The maximum absolute atomic E-state index is 11.8. The summed E-state index contributed by atoms with van der Waals surface area (Å²) in [5.74, 6) is -0.382. The van der Waals surface area contributed by atoms with Crippen molar-refractivity contribution in [3.8, 4) is 0 Å². The standard InChI is InChI=1S/C10H18N4O3S/c1-7-8(5-11-14-7)18(16,17)12-6-9(15)13-10(2,3)4/h5,12H,6H2,1-4H3,(H,11,14)(H,13,15). The molecule has 1 aromatic heterocycles. The highest BCUT2D eigenvalue weighted by Gasteiger charge is 2.20. The summed E-state index contributed by atoms with van der Waals surface area (Å²) in [6.07, 6.45) is 1.21. The highest BCUT2D eigenvalue weighted by atomic mass is 32.2. The van der Waals surface area contributed by atoms with Crippen molar-refractivity contribution >= 4 is 15.9 Å². The molecule has 7 nitrogen and oxygen atoms in total. The molecule has 1 amide bonds. The van der Waals surface area contributed by atoms with Gasteiger partial charge in [0.1, 0.15) is 4.90 Å². The van der Waals surface area contributed by atoms with Crippen LogP contribution in [0.3, 0.4) is 0 Å². The van der Waals surface area contributed by atoms with E-state index in [0.717, 1.165) is 0 Å². The van der Waals surface area contributed by atoms with Crippen molar-refractivity contribution in [2.45, 2.75) is 38.1 Å². The summed E-state index contributed by atoms with van der Waals surface area (Å²) >= 11 is 0. The van der Waals surface area contributed by atoms with Gasteiger partial charge >= 0.3 is 0 Å². The Morgan fingerprint density at radius 3 is 2.50 bits per heavy atom. The Balaban J connectivity index is 2.64. The molecule has 18 heavy (non-hydrogen) atoms. The lowest BCUT2D eigenvalue weighted by Gasteiger charge is -2.20. The number of carbonyl (C=O) groups excluding carboxylic acids is 1. The molecule has 0 aliphatic carbocycles. The number of hydrogen-bond donors (Lipinski definition) is 3. The van der Waals surface area contributed by atoms with E-state index in [2.05, 4.69) is 20.2 Å². The van der Waals surface area contributed by atoms with Gasteiger partial charge in [-0.15, -0.1) is 0 Å². The van der Waals surface area contributed by atoms with Gasteiger partial charge in [-0.1, -0.05) is 0 Å². The quantitative estimate of drug-likeness (QED) is 0.713. The van der Waals surface area contributed by atoms with Crippen molar-refractivity contribution in [1.29, 1.82) is 0 Å². The Kier molecular flexibility index (Phi) is 4.12. The molecule has 0 saturated heterocycles. The maximum Gasteiger partial charge on any atom is 0.244 e. The number of H-pyrrole nitrogens is 1. The molecule has 1 heterocycles. The molecule has 0 aliphatic rings. The van der Waals surface area contributed by atoms with Crippen LogP contribution in [0.5, 0.6) is 0 Å². The number of nitrogens with zero attached hydrogens (tertiary/aromatic N) is 1. The topological polar surface area (TPSA) is 104 Å². The summed E-state index contributed by atoms with van der Waals surface area (Å²) in [6.45, 7) is 6.75. The molecule has 0 bridgehead atoms. The van der Waals surface area contributed by atoms with E-state index in [4.69, 9.17) is 0 Å². The number of aryl methyl sites for hydroxylation is 1. The van der Waals surface area contributed by atoms with Gasteiger partial charge in [-0.05, 0) is 27.7 Å². The van der Waals surface area contributed by atoms with Gasteiger partial charge in [0, 0.05) is 5.54 Å². The van der Waals surface area contributed by atoms with Crippen LogP contribution in [0.25, 0.3) is 0 Å². The third-order valence-electron chi connectivity index (χ3n) is 2.01. The molecule has 8 heteroatoms. The number of amides is 1. The first-order chi connectivity index (χ1) is 8.12. The maximum atomic E-state index is 11.8. The Morgan fingerprint density at radius 1 is 1.44 bits per heavy atom. The molecule has 0 radical (unpaired) electrons. The minimum absolute atomic E-state index is 0.0473. The first kappa shape index (κ1) is 14.7. The Labute approximate surface area is 106 Å². The fraction of sp³-hybridized carbons (Fsp3) is 0.600. The molecule has 0 aliphatic heterocycles. The van der Waals surface area contributed by atoms with Crippen LogP contribution in [-0.4, -0.2) is 36.6 Å². The highest BCUT2D eigenvalue weighted by molar-refractivity contribution is 7.89. The zero-order valence-electron chi connectivity index (χ0n) is 10.9. The van der Waals surface area contributed by atoms with E-state index >= 15 is 0 Å². The fourth-order valence-corrected chi connectivity index (χ4v) is 2.43. The molecule has 1 aromatic rings. The van der Waals surface area contributed by atoms with E-state index in [-0.39, 0.29) is 17.3 Å². The molecule has 1 rings (SSSR count). The van der Waals surface area contributed by atoms with E-state index in [1.165, 1.54) is 6.20 Å². The Bertz CT molecular complexity index is 528. The van der Waals surface area contributed by atoms with Crippen LogP contribution < -0.4 is 10.0 Å². The molecular formula is C10H18N4O3S. The predicted octanol–water partition coefficient (Wildman–Crippen LogP) is -0.0889. The average molecular weight is 274 g/mol. The zero-order valence-corrected chi connectivity index (χ0v) is 11.7. The third kappa shape index (κ3) is 4.11. The molecule has 3 N–H and O–H groups in total. The van der Waals surface area contributed by atoms with Gasteiger partial charge < -0.3 is 5.32 Å². The minimum atomic E-state index is -3.70. The van der Waals surface area contributed by atoms with Crippen LogP contribution in [0.1, 0.15) is 26.5 Å². The number of carbonyl (C=O) groups is 1. The van der Waals surface area contributed by atoms with E-state index in [1.54, 1.807) is 6.92 Å². The summed E-state index contributed by atoms with van der Waals surface area (Å²) in [6, 6.07) is 0. The van der Waals surface area contributed by atoms with E-state index < -0.39 is 15.6 Å². The number of aromatic nitrogens is 2. The van der Waals surface area contributed by atoms with Gasteiger partial charge in [0.2, 0.25) is 15.9 Å². The van der Waals surface area contributed by atoms with Crippen molar-refractivity contribution in [2.24, 2.45) is 0 Å².